The largest absolute Gasteiger partial charge is 0.491 e. The highest BCUT2D eigenvalue weighted by Crippen LogP contribution is 2.52. The van der Waals surface area contributed by atoms with Crippen molar-refractivity contribution >= 4 is 56.9 Å². The first-order chi connectivity index (χ1) is 41.5. The van der Waals surface area contributed by atoms with Gasteiger partial charge in [-0.15, -0.1) is 0 Å². The van der Waals surface area contributed by atoms with Gasteiger partial charge in [0, 0.05) is 114 Å². The second kappa shape index (κ2) is 24.3. The molecule has 0 fully saturated rings. The molecule has 88 heavy (non-hydrogen) atoms. The van der Waals surface area contributed by atoms with Gasteiger partial charge in [-0.05, 0) is 127 Å². The van der Waals surface area contributed by atoms with E-state index in [1.165, 1.54) is 12.1 Å². The normalized spacial score (nSPS) is 17.5. The number of likely N-dealkylation sites (N-methyl/N-ethyl adjacent to an activating group) is 1. The third kappa shape index (κ3) is 12.0. The van der Waals surface area contributed by atoms with Crippen LogP contribution in [0.2, 0.25) is 0 Å². The molecule has 10 rings (SSSR count). The predicted octanol–water partition coefficient (Wildman–Crippen LogP) is 15.6. The molecule has 6 aromatic carbocycles. The molecular formula is C70H78N8O10+2. The molecule has 0 atom stereocenters. The number of benzene rings is 6. The molecule has 18 nitrogen and oxygen atoms in total. The lowest BCUT2D eigenvalue weighted by Crippen LogP contribution is -2.29. The quantitative estimate of drug-likeness (QED) is 0.0448. The smallest absolute Gasteiger partial charge is 0.340 e. The summed E-state index contributed by atoms with van der Waals surface area (Å²) in [7, 11) is 3.69. The molecule has 0 radical (unpaired) electrons. The van der Waals surface area contributed by atoms with Crippen molar-refractivity contribution in [1.82, 2.24) is 0 Å². The number of hydrogen-bond acceptors (Lipinski definition) is 12. The zero-order chi connectivity index (χ0) is 63.9. The number of fused-ring (bicyclic) bond motifs is 4. The zero-order valence-electron chi connectivity index (χ0n) is 52.7. The molecule has 0 bridgehead atoms. The molecular weight excluding hydrogens is 1110 g/mol. The van der Waals surface area contributed by atoms with Crippen molar-refractivity contribution in [2.75, 3.05) is 37.0 Å². The third-order valence-corrected chi connectivity index (χ3v) is 17.5. The number of anilines is 2. The van der Waals surface area contributed by atoms with Crippen LogP contribution in [0.1, 0.15) is 116 Å². The van der Waals surface area contributed by atoms with Gasteiger partial charge in [-0.3, -0.25) is 40.5 Å². The summed E-state index contributed by atoms with van der Waals surface area (Å²) < 4.78 is 15.8. The van der Waals surface area contributed by atoms with Gasteiger partial charge in [0.15, 0.2) is 18.0 Å². The number of non-ortho nitro benzene ring substituents is 2. The molecule has 0 unspecified atom stereocenters. The number of nitro benzene ring substituents is 4. The Morgan fingerprint density at radius 3 is 1.58 bits per heavy atom. The van der Waals surface area contributed by atoms with Crippen molar-refractivity contribution in [3.05, 3.63) is 243 Å². The van der Waals surface area contributed by atoms with Crippen LogP contribution in [0.15, 0.2) is 169 Å². The van der Waals surface area contributed by atoms with Crippen molar-refractivity contribution in [3.8, 4) is 11.5 Å². The van der Waals surface area contributed by atoms with Gasteiger partial charge in [-0.1, -0.05) is 88.4 Å². The fourth-order valence-electron chi connectivity index (χ4n) is 13.1. The number of nitro groups is 4. The third-order valence-electron chi connectivity index (χ3n) is 17.5. The van der Waals surface area contributed by atoms with Crippen LogP contribution in [0.25, 0.3) is 0 Å². The van der Waals surface area contributed by atoms with E-state index in [0.717, 1.165) is 91.9 Å². The van der Waals surface area contributed by atoms with Crippen molar-refractivity contribution in [2.24, 2.45) is 0 Å². The summed E-state index contributed by atoms with van der Waals surface area (Å²) >= 11 is 0. The average molecular weight is 1190 g/mol. The summed E-state index contributed by atoms with van der Waals surface area (Å²) in [6, 6.07) is 37.0. The Kier molecular flexibility index (Phi) is 17.4. The van der Waals surface area contributed by atoms with Gasteiger partial charge >= 0.3 is 5.69 Å². The van der Waals surface area contributed by atoms with Crippen LogP contribution >= 0.6 is 0 Å². The highest BCUT2D eigenvalue weighted by atomic mass is 16.6. The standard InChI is InChI=1S/C45H51N4O6.C25H27N4O4/c1-30(2)54-36-18-12-32(13-19-36)24-26-46-40-22-16-34(48(50)51)28-38(40)44(5,6)42(46)10-9-11-43-45(7,8)39-29-35(49(52)53)17-23-41(39)47(43)27-25-33-14-20-37(21-15-33)55-31(3)4;1-24(2)16-10-7-12-18(28(30)31)22(16)26(5)20(24)14-9-15-21-25(3,4)17-11-8-13-19(29(32)33)23(17)27(21)6/h9-23,28-31H,24-27H2,1-8H3;7-15H,1-6H3/q2*+1. The van der Waals surface area contributed by atoms with Gasteiger partial charge in [0.1, 0.15) is 24.2 Å². The van der Waals surface area contributed by atoms with Crippen LogP contribution in [-0.2, 0) is 34.5 Å². The first kappa shape index (κ1) is 62.9. The minimum Gasteiger partial charge on any atom is -0.491 e. The first-order valence-electron chi connectivity index (χ1n) is 29.7. The lowest BCUT2D eigenvalue weighted by molar-refractivity contribution is -0.437. The lowest BCUT2D eigenvalue weighted by Gasteiger charge is -2.27. The number of ether oxygens (including phenoxy) is 2. The van der Waals surface area contributed by atoms with Gasteiger partial charge in [0.05, 0.1) is 42.7 Å². The predicted molar refractivity (Wildman–Crippen MR) is 347 cm³/mol. The Labute approximate surface area is 514 Å². The molecule has 4 heterocycles. The van der Waals surface area contributed by atoms with Gasteiger partial charge in [0.25, 0.3) is 22.7 Å². The Morgan fingerprint density at radius 1 is 0.534 bits per heavy atom. The van der Waals surface area contributed by atoms with E-state index in [1.54, 1.807) is 36.4 Å². The van der Waals surface area contributed by atoms with Crippen molar-refractivity contribution in [2.45, 2.75) is 130 Å². The first-order valence-corrected chi connectivity index (χ1v) is 29.7. The summed E-state index contributed by atoms with van der Waals surface area (Å²) in [5.74, 6) is 1.66. The topological polar surface area (TPSA) is 204 Å². The molecule has 4 aliphatic heterocycles. The van der Waals surface area contributed by atoms with E-state index in [1.807, 2.05) is 118 Å². The van der Waals surface area contributed by atoms with E-state index in [-0.39, 0.29) is 54.7 Å². The Balaban J connectivity index is 0.000000237. The van der Waals surface area contributed by atoms with Crippen molar-refractivity contribution < 1.29 is 38.3 Å². The maximum absolute atomic E-state index is 11.8. The molecule has 0 aliphatic carbocycles. The second-order valence-corrected chi connectivity index (χ2v) is 25.4. The minimum absolute atomic E-state index is 0.0668. The molecule has 0 saturated carbocycles. The summed E-state index contributed by atoms with van der Waals surface area (Å²) in [6.45, 7) is 26.0. The van der Waals surface area contributed by atoms with Crippen LogP contribution in [-0.4, -0.2) is 79.7 Å². The zero-order valence-corrected chi connectivity index (χ0v) is 52.7. The molecule has 456 valence electrons. The Bertz CT molecular complexity index is 3980. The van der Waals surface area contributed by atoms with E-state index in [0.29, 0.717) is 24.5 Å². The number of rotatable bonds is 18. The van der Waals surface area contributed by atoms with Crippen LogP contribution in [0.5, 0.6) is 11.5 Å². The van der Waals surface area contributed by atoms with Crippen LogP contribution in [0.4, 0.5) is 45.5 Å². The summed E-state index contributed by atoms with van der Waals surface area (Å²) in [4.78, 5) is 49.7. The lowest BCUT2D eigenvalue weighted by atomic mass is 9.81. The summed E-state index contributed by atoms with van der Waals surface area (Å²) in [5.41, 5.74) is 11.4. The van der Waals surface area contributed by atoms with E-state index >= 15 is 0 Å². The number of para-hydroxylation sites is 2. The fourth-order valence-corrected chi connectivity index (χ4v) is 13.1. The minimum atomic E-state index is -0.523. The van der Waals surface area contributed by atoms with Crippen molar-refractivity contribution in [3.63, 3.8) is 0 Å². The highest BCUT2D eigenvalue weighted by molar-refractivity contribution is 6.04. The molecule has 18 heteroatoms. The SMILES string of the molecule is CC(C)Oc1ccc(CCN2/C(=C/C=C/C3=[N+](CCc4ccc(OC(C)C)cc4)c4ccc([N+](=O)[O-])cc4C3(C)C)C(C)(C)c3cc([N+](=O)[O-])ccc32)cc1.CN1/C(=C/C=C/C2=[N+](C)c3c([N+](=O)[O-])cccc3C2(C)C)C(C)(C)c2cccc([N+](=O)[O-])c21. The van der Waals surface area contributed by atoms with E-state index in [9.17, 15) is 40.5 Å². The maximum atomic E-state index is 11.8. The maximum Gasteiger partial charge on any atom is 0.340 e. The van der Waals surface area contributed by atoms with Gasteiger partial charge in [-0.2, -0.15) is 9.15 Å². The van der Waals surface area contributed by atoms with Crippen molar-refractivity contribution in [1.29, 1.82) is 0 Å². The second-order valence-electron chi connectivity index (χ2n) is 25.4. The number of nitrogens with zero attached hydrogens (tertiary/aromatic N) is 8. The fraction of sp³-hybridized carbons (Fsp3) is 0.343. The summed E-state index contributed by atoms with van der Waals surface area (Å²) in [5, 5.41) is 46.9. The van der Waals surface area contributed by atoms with Crippen LogP contribution in [0, 0.1) is 40.5 Å². The van der Waals surface area contributed by atoms with E-state index in [4.69, 9.17) is 9.47 Å². The Morgan fingerprint density at radius 2 is 1.02 bits per heavy atom. The molecule has 6 aromatic rings. The van der Waals surface area contributed by atoms with Crippen LogP contribution in [0.3, 0.4) is 0 Å². The van der Waals surface area contributed by atoms with Gasteiger partial charge in [0.2, 0.25) is 5.69 Å². The number of hydrogen-bond donors (Lipinski definition) is 0. The highest BCUT2D eigenvalue weighted by Gasteiger charge is 2.49. The van der Waals surface area contributed by atoms with Gasteiger partial charge < -0.3 is 19.3 Å². The molecule has 0 aromatic heterocycles. The molecule has 4 aliphatic rings. The monoisotopic (exact) mass is 1190 g/mol. The molecule has 0 saturated heterocycles. The molecule has 0 N–H and O–H groups in total. The number of allylic oxidation sites excluding steroid dienone is 8. The van der Waals surface area contributed by atoms with E-state index in [2.05, 4.69) is 107 Å². The van der Waals surface area contributed by atoms with Gasteiger partial charge in [-0.25, -0.2) is 0 Å². The molecule has 0 amide bonds. The molecule has 0 spiro atoms. The average Bonchev–Trinajstić information content (AvgIpc) is 2.94. The Hall–Kier alpha value is -9.58. The van der Waals surface area contributed by atoms with E-state index < -0.39 is 21.7 Å². The van der Waals surface area contributed by atoms with Crippen LogP contribution < -0.4 is 19.3 Å². The summed E-state index contributed by atoms with van der Waals surface area (Å²) in [6.07, 6.45) is 13.9.